The SMILES string of the molecule is CNc1nc(-n2ncc3ncc(F)cc32)ncc1C. The maximum Gasteiger partial charge on any atom is 0.253 e. The van der Waals surface area contributed by atoms with Crippen LogP contribution in [0.2, 0.25) is 0 Å². The van der Waals surface area contributed by atoms with Crippen LogP contribution in [0.25, 0.3) is 17.0 Å². The van der Waals surface area contributed by atoms with E-state index in [4.69, 9.17) is 0 Å². The molecule has 19 heavy (non-hydrogen) atoms. The molecule has 1 N–H and O–H groups in total. The summed E-state index contributed by atoms with van der Waals surface area (Å²) in [5.41, 5.74) is 2.05. The third-order valence-corrected chi connectivity index (χ3v) is 2.77. The van der Waals surface area contributed by atoms with Crippen molar-refractivity contribution in [2.45, 2.75) is 6.92 Å². The molecule has 0 atom stereocenters. The minimum atomic E-state index is -0.421. The number of fused-ring (bicyclic) bond motifs is 1. The quantitative estimate of drug-likeness (QED) is 0.757. The van der Waals surface area contributed by atoms with Crippen molar-refractivity contribution in [1.29, 1.82) is 0 Å². The first-order valence-electron chi connectivity index (χ1n) is 5.70. The molecular weight excluding hydrogens is 247 g/mol. The van der Waals surface area contributed by atoms with Crippen LogP contribution in [0.3, 0.4) is 0 Å². The van der Waals surface area contributed by atoms with Crippen LogP contribution >= 0.6 is 0 Å². The average molecular weight is 258 g/mol. The maximum absolute atomic E-state index is 13.3. The lowest BCUT2D eigenvalue weighted by atomic mass is 10.3. The zero-order valence-electron chi connectivity index (χ0n) is 10.4. The highest BCUT2D eigenvalue weighted by Crippen LogP contribution is 2.17. The highest BCUT2D eigenvalue weighted by Gasteiger charge is 2.10. The number of aryl methyl sites for hydroxylation is 1. The second-order valence-corrected chi connectivity index (χ2v) is 4.07. The fourth-order valence-electron chi connectivity index (χ4n) is 1.83. The first-order valence-corrected chi connectivity index (χ1v) is 5.70. The molecule has 0 bridgehead atoms. The van der Waals surface area contributed by atoms with Crippen LogP contribution < -0.4 is 5.32 Å². The van der Waals surface area contributed by atoms with Gasteiger partial charge in [0.05, 0.1) is 17.9 Å². The molecule has 6 nitrogen and oxygen atoms in total. The topological polar surface area (TPSA) is 68.5 Å². The van der Waals surface area contributed by atoms with Crippen LogP contribution in [-0.2, 0) is 0 Å². The lowest BCUT2D eigenvalue weighted by Gasteiger charge is -2.06. The summed E-state index contributed by atoms with van der Waals surface area (Å²) in [6.45, 7) is 1.90. The predicted octanol–water partition coefficient (Wildman–Crippen LogP) is 1.70. The summed E-state index contributed by atoms with van der Waals surface area (Å²) < 4.78 is 14.7. The summed E-state index contributed by atoms with van der Waals surface area (Å²) in [5.74, 6) is 0.658. The normalized spacial score (nSPS) is 10.9. The van der Waals surface area contributed by atoms with E-state index in [0.29, 0.717) is 22.8 Å². The Bertz CT molecular complexity index is 751. The summed E-state index contributed by atoms with van der Waals surface area (Å²) >= 11 is 0. The van der Waals surface area contributed by atoms with E-state index >= 15 is 0 Å². The zero-order chi connectivity index (χ0) is 13.4. The smallest absolute Gasteiger partial charge is 0.253 e. The molecule has 3 rings (SSSR count). The van der Waals surface area contributed by atoms with E-state index in [2.05, 4.69) is 25.4 Å². The number of anilines is 1. The summed E-state index contributed by atoms with van der Waals surface area (Å²) in [6, 6.07) is 1.36. The van der Waals surface area contributed by atoms with E-state index in [1.54, 1.807) is 19.4 Å². The van der Waals surface area contributed by atoms with Crippen molar-refractivity contribution in [3.8, 4) is 5.95 Å². The van der Waals surface area contributed by atoms with Gasteiger partial charge in [-0.3, -0.25) is 0 Å². The largest absolute Gasteiger partial charge is 0.373 e. The van der Waals surface area contributed by atoms with E-state index in [-0.39, 0.29) is 0 Å². The number of nitrogens with zero attached hydrogens (tertiary/aromatic N) is 5. The lowest BCUT2D eigenvalue weighted by molar-refractivity contribution is 0.623. The third kappa shape index (κ3) is 1.88. The fourth-order valence-corrected chi connectivity index (χ4v) is 1.83. The third-order valence-electron chi connectivity index (χ3n) is 2.77. The number of aromatic nitrogens is 5. The zero-order valence-corrected chi connectivity index (χ0v) is 10.4. The highest BCUT2D eigenvalue weighted by atomic mass is 19.1. The molecule has 0 saturated heterocycles. The van der Waals surface area contributed by atoms with Crippen molar-refractivity contribution < 1.29 is 4.39 Å². The number of rotatable bonds is 2. The molecule has 0 saturated carbocycles. The van der Waals surface area contributed by atoms with Crippen LogP contribution in [-0.4, -0.2) is 31.8 Å². The molecule has 0 fully saturated rings. The second kappa shape index (κ2) is 4.27. The van der Waals surface area contributed by atoms with Gasteiger partial charge in [-0.15, -0.1) is 0 Å². The van der Waals surface area contributed by atoms with Gasteiger partial charge in [-0.05, 0) is 6.92 Å². The molecule has 3 aromatic rings. The van der Waals surface area contributed by atoms with E-state index in [0.717, 1.165) is 11.8 Å². The van der Waals surface area contributed by atoms with Crippen molar-refractivity contribution in [2.75, 3.05) is 12.4 Å². The maximum atomic E-state index is 13.3. The number of pyridine rings is 1. The van der Waals surface area contributed by atoms with Gasteiger partial charge in [0, 0.05) is 24.9 Å². The Hall–Kier alpha value is -2.57. The first-order chi connectivity index (χ1) is 9.19. The Morgan fingerprint density at radius 1 is 1.21 bits per heavy atom. The molecule has 0 unspecified atom stereocenters. The van der Waals surface area contributed by atoms with Crippen LogP contribution in [0.4, 0.5) is 10.2 Å². The van der Waals surface area contributed by atoms with Crippen LogP contribution in [0, 0.1) is 12.7 Å². The van der Waals surface area contributed by atoms with Gasteiger partial charge < -0.3 is 5.32 Å². The van der Waals surface area contributed by atoms with Crippen LogP contribution in [0.15, 0.2) is 24.7 Å². The van der Waals surface area contributed by atoms with Crippen molar-refractivity contribution in [1.82, 2.24) is 24.7 Å². The van der Waals surface area contributed by atoms with Gasteiger partial charge in [0.1, 0.15) is 17.2 Å². The lowest BCUT2D eigenvalue weighted by Crippen LogP contribution is -2.06. The summed E-state index contributed by atoms with van der Waals surface area (Å²) in [7, 11) is 1.78. The molecule has 0 spiro atoms. The Morgan fingerprint density at radius 2 is 2.05 bits per heavy atom. The average Bonchev–Trinajstić information content (AvgIpc) is 2.82. The number of hydrogen-bond acceptors (Lipinski definition) is 5. The Labute approximate surface area is 108 Å². The van der Waals surface area contributed by atoms with Crippen molar-refractivity contribution in [2.24, 2.45) is 0 Å². The monoisotopic (exact) mass is 258 g/mol. The van der Waals surface area contributed by atoms with E-state index in [1.807, 2.05) is 6.92 Å². The van der Waals surface area contributed by atoms with Gasteiger partial charge in [0.2, 0.25) is 0 Å². The standard InChI is InChI=1S/C12H11FN6/c1-7-4-16-12(18-11(7)14-2)19-10-3-8(13)5-15-9(10)6-17-19/h3-6H,1-2H3,(H,14,16,18). The summed E-state index contributed by atoms with van der Waals surface area (Å²) in [5, 5.41) is 7.12. The highest BCUT2D eigenvalue weighted by molar-refractivity contribution is 5.75. The minimum Gasteiger partial charge on any atom is -0.373 e. The molecule has 0 aliphatic heterocycles. The molecule has 0 radical (unpaired) electrons. The molecule has 0 aliphatic rings. The summed E-state index contributed by atoms with van der Waals surface area (Å²) in [6.07, 6.45) is 4.40. The van der Waals surface area contributed by atoms with Gasteiger partial charge in [-0.1, -0.05) is 0 Å². The summed E-state index contributed by atoms with van der Waals surface area (Å²) in [4.78, 5) is 12.5. The van der Waals surface area contributed by atoms with Gasteiger partial charge in [0.25, 0.3) is 5.95 Å². The van der Waals surface area contributed by atoms with E-state index in [1.165, 1.54) is 10.7 Å². The van der Waals surface area contributed by atoms with Gasteiger partial charge in [-0.25, -0.2) is 14.4 Å². The Morgan fingerprint density at radius 3 is 2.84 bits per heavy atom. The van der Waals surface area contributed by atoms with Gasteiger partial charge >= 0.3 is 0 Å². The van der Waals surface area contributed by atoms with Crippen molar-refractivity contribution in [3.63, 3.8) is 0 Å². The fraction of sp³-hybridized carbons (Fsp3) is 0.167. The molecule has 3 heterocycles. The first kappa shape index (κ1) is 11.5. The van der Waals surface area contributed by atoms with E-state index in [9.17, 15) is 4.39 Å². The Kier molecular flexibility index (Phi) is 2.59. The molecular formula is C12H11FN6. The Balaban J connectivity index is 2.21. The molecule has 0 aromatic carbocycles. The second-order valence-electron chi connectivity index (χ2n) is 4.07. The number of nitrogens with one attached hydrogen (secondary N) is 1. The van der Waals surface area contributed by atoms with Crippen molar-refractivity contribution >= 4 is 16.9 Å². The molecule has 96 valence electrons. The number of hydrogen-bond donors (Lipinski definition) is 1. The van der Waals surface area contributed by atoms with E-state index < -0.39 is 5.82 Å². The molecule has 0 amide bonds. The molecule has 7 heteroatoms. The van der Waals surface area contributed by atoms with Gasteiger partial charge in [0.15, 0.2) is 0 Å². The predicted molar refractivity (Wildman–Crippen MR) is 68.7 cm³/mol. The molecule has 0 aliphatic carbocycles. The molecule has 3 aromatic heterocycles. The number of halogens is 1. The minimum absolute atomic E-state index is 0.373. The van der Waals surface area contributed by atoms with Gasteiger partial charge in [-0.2, -0.15) is 14.8 Å². The van der Waals surface area contributed by atoms with Crippen molar-refractivity contribution in [3.05, 3.63) is 36.0 Å². The van der Waals surface area contributed by atoms with Crippen LogP contribution in [0.1, 0.15) is 5.56 Å². The van der Waals surface area contributed by atoms with Crippen LogP contribution in [0.5, 0.6) is 0 Å².